The maximum atomic E-state index is 11.8. The first-order valence-electron chi connectivity index (χ1n) is 7.70. The molecule has 22 heavy (non-hydrogen) atoms. The summed E-state index contributed by atoms with van der Waals surface area (Å²) in [4.78, 5) is 17.1. The monoisotopic (exact) mass is 290 g/mol. The summed E-state index contributed by atoms with van der Waals surface area (Å²) < 4.78 is 0. The minimum Gasteiger partial charge on any atom is -0.354 e. The first-order chi connectivity index (χ1) is 10.7. The lowest BCUT2D eigenvalue weighted by molar-refractivity contribution is -0.116. The molecule has 0 atom stereocenters. The number of nitrogens with one attached hydrogen (secondary N) is 1. The molecule has 4 rings (SSSR count). The number of fused-ring (bicyclic) bond motifs is 5. The third-order valence-corrected chi connectivity index (χ3v) is 4.55. The summed E-state index contributed by atoms with van der Waals surface area (Å²) in [5, 5.41) is 1.23. The van der Waals surface area contributed by atoms with Crippen LogP contribution in [0.4, 0.5) is 5.69 Å². The number of rotatable bonds is 2. The van der Waals surface area contributed by atoms with E-state index in [1.165, 1.54) is 27.8 Å². The summed E-state index contributed by atoms with van der Waals surface area (Å²) >= 11 is 0. The molecule has 110 valence electrons. The average molecular weight is 290 g/mol. The van der Waals surface area contributed by atoms with Crippen molar-refractivity contribution in [2.45, 2.75) is 20.3 Å². The van der Waals surface area contributed by atoms with Gasteiger partial charge in [-0.2, -0.15) is 0 Å². The van der Waals surface area contributed by atoms with Gasteiger partial charge in [-0.15, -0.1) is 0 Å². The van der Waals surface area contributed by atoms with Crippen molar-refractivity contribution in [3.63, 3.8) is 0 Å². The molecule has 0 unspecified atom stereocenters. The van der Waals surface area contributed by atoms with E-state index in [2.05, 4.69) is 41.4 Å². The van der Waals surface area contributed by atoms with Crippen LogP contribution in [0.5, 0.6) is 0 Å². The highest BCUT2D eigenvalue weighted by molar-refractivity contribution is 5.99. The molecule has 3 heteroatoms. The van der Waals surface area contributed by atoms with Crippen LogP contribution in [0.3, 0.4) is 0 Å². The Morgan fingerprint density at radius 1 is 1.23 bits per heavy atom. The fourth-order valence-corrected chi connectivity index (χ4v) is 3.51. The maximum absolute atomic E-state index is 11.8. The Morgan fingerprint density at radius 3 is 2.82 bits per heavy atom. The van der Waals surface area contributed by atoms with Crippen LogP contribution in [0, 0.1) is 0 Å². The second-order valence-corrected chi connectivity index (χ2v) is 5.81. The van der Waals surface area contributed by atoms with Crippen LogP contribution in [-0.4, -0.2) is 17.4 Å². The third-order valence-electron chi connectivity index (χ3n) is 4.55. The third kappa shape index (κ3) is 1.78. The SMILES string of the molecule is CCN(C(C)=O)c1ccc2[nH]c3c(c2c1)Cc1ccccc1-3. The zero-order valence-corrected chi connectivity index (χ0v) is 12.8. The van der Waals surface area contributed by atoms with Crippen molar-refractivity contribution >= 4 is 22.5 Å². The lowest BCUT2D eigenvalue weighted by Gasteiger charge is -2.19. The first kappa shape index (κ1) is 13.1. The largest absolute Gasteiger partial charge is 0.354 e. The van der Waals surface area contributed by atoms with E-state index in [1.54, 1.807) is 11.8 Å². The zero-order chi connectivity index (χ0) is 15.3. The highest BCUT2D eigenvalue weighted by Crippen LogP contribution is 2.41. The quantitative estimate of drug-likeness (QED) is 0.592. The van der Waals surface area contributed by atoms with E-state index < -0.39 is 0 Å². The van der Waals surface area contributed by atoms with Gasteiger partial charge in [-0.05, 0) is 36.2 Å². The van der Waals surface area contributed by atoms with Crippen LogP contribution in [-0.2, 0) is 11.2 Å². The number of hydrogen-bond acceptors (Lipinski definition) is 1. The molecule has 1 aliphatic rings. The minimum atomic E-state index is 0.0808. The number of benzene rings is 2. The van der Waals surface area contributed by atoms with Gasteiger partial charge in [0.15, 0.2) is 0 Å². The minimum absolute atomic E-state index is 0.0808. The van der Waals surface area contributed by atoms with Gasteiger partial charge in [0.25, 0.3) is 0 Å². The summed E-state index contributed by atoms with van der Waals surface area (Å²) in [5.41, 5.74) is 7.36. The summed E-state index contributed by atoms with van der Waals surface area (Å²) in [5.74, 6) is 0.0808. The predicted octanol–water partition coefficient (Wildman–Crippen LogP) is 4.11. The second-order valence-electron chi connectivity index (χ2n) is 5.81. The number of aromatic amines is 1. The van der Waals surface area contributed by atoms with Gasteiger partial charge in [0.2, 0.25) is 5.91 Å². The Kier molecular flexibility index (Phi) is 2.83. The lowest BCUT2D eigenvalue weighted by Crippen LogP contribution is -2.27. The van der Waals surface area contributed by atoms with E-state index in [1.807, 2.05) is 13.0 Å². The molecule has 2 aromatic carbocycles. The van der Waals surface area contributed by atoms with Crippen LogP contribution < -0.4 is 4.90 Å². The molecule has 0 bridgehead atoms. The van der Waals surface area contributed by atoms with E-state index in [4.69, 9.17) is 0 Å². The molecule has 1 heterocycles. The topological polar surface area (TPSA) is 36.1 Å². The summed E-state index contributed by atoms with van der Waals surface area (Å²) in [7, 11) is 0. The van der Waals surface area contributed by atoms with Crippen molar-refractivity contribution in [2.75, 3.05) is 11.4 Å². The number of carbonyl (C=O) groups excluding carboxylic acids is 1. The van der Waals surface area contributed by atoms with Crippen LogP contribution in [0.15, 0.2) is 42.5 Å². The standard InChI is InChI=1S/C19H18N2O/c1-3-21(12(2)22)14-8-9-18-16(11-14)17-10-13-6-4-5-7-15(13)19(17)20-18/h4-9,11,20H,3,10H2,1-2H3. The van der Waals surface area contributed by atoms with E-state index >= 15 is 0 Å². The molecule has 1 aliphatic carbocycles. The van der Waals surface area contributed by atoms with Gasteiger partial charge in [-0.25, -0.2) is 0 Å². The first-order valence-corrected chi connectivity index (χ1v) is 7.70. The highest BCUT2D eigenvalue weighted by Gasteiger charge is 2.23. The average Bonchev–Trinajstić information content (AvgIpc) is 3.04. The van der Waals surface area contributed by atoms with E-state index in [0.717, 1.165) is 17.6 Å². The molecule has 3 nitrogen and oxygen atoms in total. The fraction of sp³-hybridized carbons (Fsp3) is 0.211. The van der Waals surface area contributed by atoms with E-state index in [-0.39, 0.29) is 5.91 Å². The van der Waals surface area contributed by atoms with Crippen molar-refractivity contribution in [1.82, 2.24) is 4.98 Å². The fourth-order valence-electron chi connectivity index (χ4n) is 3.51. The molecule has 0 saturated carbocycles. The number of anilines is 1. The van der Waals surface area contributed by atoms with Crippen LogP contribution >= 0.6 is 0 Å². The van der Waals surface area contributed by atoms with Gasteiger partial charge in [-0.3, -0.25) is 4.79 Å². The van der Waals surface area contributed by atoms with Crippen LogP contribution in [0.2, 0.25) is 0 Å². The molecule has 0 aliphatic heterocycles. The Labute approximate surface area is 129 Å². The number of nitrogens with zero attached hydrogens (tertiary/aromatic N) is 1. The normalized spacial score (nSPS) is 12.3. The molecule has 1 aromatic heterocycles. The van der Waals surface area contributed by atoms with Crippen molar-refractivity contribution in [1.29, 1.82) is 0 Å². The number of aromatic nitrogens is 1. The van der Waals surface area contributed by atoms with Gasteiger partial charge in [0.05, 0.1) is 5.69 Å². The van der Waals surface area contributed by atoms with Crippen molar-refractivity contribution in [3.05, 3.63) is 53.6 Å². The molecular formula is C19H18N2O. The van der Waals surface area contributed by atoms with E-state index in [9.17, 15) is 4.79 Å². The summed E-state index contributed by atoms with van der Waals surface area (Å²) in [6, 6.07) is 14.8. The van der Waals surface area contributed by atoms with E-state index in [0.29, 0.717) is 6.54 Å². The highest BCUT2D eigenvalue weighted by atomic mass is 16.2. The Morgan fingerprint density at radius 2 is 2.05 bits per heavy atom. The van der Waals surface area contributed by atoms with Gasteiger partial charge < -0.3 is 9.88 Å². The van der Waals surface area contributed by atoms with Gasteiger partial charge in [0.1, 0.15) is 0 Å². The van der Waals surface area contributed by atoms with Crippen molar-refractivity contribution in [2.24, 2.45) is 0 Å². The van der Waals surface area contributed by atoms with Crippen LogP contribution in [0.1, 0.15) is 25.0 Å². The molecule has 0 saturated heterocycles. The second kappa shape index (κ2) is 4.73. The molecule has 1 N–H and O–H groups in total. The maximum Gasteiger partial charge on any atom is 0.223 e. The molecular weight excluding hydrogens is 272 g/mol. The van der Waals surface area contributed by atoms with Crippen LogP contribution in [0.25, 0.3) is 22.2 Å². The molecule has 3 aromatic rings. The van der Waals surface area contributed by atoms with Gasteiger partial charge in [0, 0.05) is 42.0 Å². The Hall–Kier alpha value is -2.55. The molecule has 0 radical (unpaired) electrons. The Balaban J connectivity index is 1.89. The lowest BCUT2D eigenvalue weighted by atomic mass is 10.1. The molecule has 0 fully saturated rings. The van der Waals surface area contributed by atoms with Gasteiger partial charge >= 0.3 is 0 Å². The number of hydrogen-bond donors (Lipinski definition) is 1. The molecule has 1 amide bonds. The smallest absolute Gasteiger partial charge is 0.223 e. The van der Waals surface area contributed by atoms with Crippen molar-refractivity contribution in [3.8, 4) is 11.3 Å². The number of amides is 1. The van der Waals surface area contributed by atoms with Gasteiger partial charge in [-0.1, -0.05) is 24.3 Å². The summed E-state index contributed by atoms with van der Waals surface area (Å²) in [6.07, 6.45) is 0.959. The zero-order valence-electron chi connectivity index (χ0n) is 12.8. The number of carbonyl (C=O) groups is 1. The van der Waals surface area contributed by atoms with Crippen molar-refractivity contribution < 1.29 is 4.79 Å². The number of H-pyrrole nitrogens is 1. The predicted molar refractivity (Wildman–Crippen MR) is 90.2 cm³/mol. The Bertz CT molecular complexity index is 892. The molecule has 0 spiro atoms. The summed E-state index contributed by atoms with van der Waals surface area (Å²) in [6.45, 7) is 4.31.